The molecule has 0 saturated carbocycles. The zero-order valence-corrected chi connectivity index (χ0v) is 12.0. The van der Waals surface area contributed by atoms with Crippen molar-refractivity contribution in [3.05, 3.63) is 48.2 Å². The SMILES string of the molecule is CCCN(Cc1ccccc1N)c1ncccc1OC. The second kappa shape index (κ2) is 6.80. The first-order valence-electron chi connectivity index (χ1n) is 6.83. The molecule has 0 saturated heterocycles. The molecule has 1 heterocycles. The van der Waals surface area contributed by atoms with Crippen LogP contribution in [0.15, 0.2) is 42.6 Å². The van der Waals surface area contributed by atoms with Gasteiger partial charge in [-0.05, 0) is 30.2 Å². The van der Waals surface area contributed by atoms with Crippen molar-refractivity contribution >= 4 is 11.5 Å². The first-order valence-corrected chi connectivity index (χ1v) is 6.83. The smallest absolute Gasteiger partial charge is 0.171 e. The van der Waals surface area contributed by atoms with E-state index in [0.717, 1.165) is 42.3 Å². The molecule has 0 unspecified atom stereocenters. The summed E-state index contributed by atoms with van der Waals surface area (Å²) in [4.78, 5) is 6.65. The first kappa shape index (κ1) is 14.2. The van der Waals surface area contributed by atoms with Gasteiger partial charge in [0.2, 0.25) is 0 Å². The fourth-order valence-corrected chi connectivity index (χ4v) is 2.19. The first-order chi connectivity index (χ1) is 9.76. The lowest BCUT2D eigenvalue weighted by Crippen LogP contribution is -2.25. The van der Waals surface area contributed by atoms with Gasteiger partial charge in [0.15, 0.2) is 11.6 Å². The molecule has 2 aromatic rings. The van der Waals surface area contributed by atoms with Gasteiger partial charge in [0.25, 0.3) is 0 Å². The molecule has 4 nitrogen and oxygen atoms in total. The Balaban J connectivity index is 2.29. The number of aromatic nitrogens is 1. The molecule has 20 heavy (non-hydrogen) atoms. The average molecular weight is 271 g/mol. The molecule has 0 aliphatic carbocycles. The van der Waals surface area contributed by atoms with Gasteiger partial charge >= 0.3 is 0 Å². The van der Waals surface area contributed by atoms with E-state index in [9.17, 15) is 0 Å². The molecule has 0 amide bonds. The number of hydrogen-bond acceptors (Lipinski definition) is 4. The highest BCUT2D eigenvalue weighted by Crippen LogP contribution is 2.27. The summed E-state index contributed by atoms with van der Waals surface area (Å²) in [6.07, 6.45) is 2.82. The Morgan fingerprint density at radius 3 is 2.70 bits per heavy atom. The Hall–Kier alpha value is -2.23. The summed E-state index contributed by atoms with van der Waals surface area (Å²) < 4.78 is 5.41. The Labute approximate surface area is 120 Å². The van der Waals surface area contributed by atoms with Gasteiger partial charge in [0, 0.05) is 25.0 Å². The standard InChI is InChI=1S/C16H21N3O/c1-3-11-19(12-13-7-4-5-8-14(13)17)16-15(20-2)9-6-10-18-16/h4-10H,3,11-12,17H2,1-2H3. The molecule has 0 atom stereocenters. The van der Waals surface area contributed by atoms with Crippen molar-refractivity contribution in [1.29, 1.82) is 0 Å². The number of anilines is 2. The van der Waals surface area contributed by atoms with Crippen LogP contribution in [0.1, 0.15) is 18.9 Å². The number of benzene rings is 1. The van der Waals surface area contributed by atoms with E-state index >= 15 is 0 Å². The van der Waals surface area contributed by atoms with Crippen LogP contribution in [0.2, 0.25) is 0 Å². The van der Waals surface area contributed by atoms with Crippen LogP contribution in [0, 0.1) is 0 Å². The summed E-state index contributed by atoms with van der Waals surface area (Å²) in [5, 5.41) is 0. The van der Waals surface area contributed by atoms with Crippen LogP contribution < -0.4 is 15.4 Å². The second-order valence-corrected chi connectivity index (χ2v) is 4.65. The quantitative estimate of drug-likeness (QED) is 0.820. The fraction of sp³-hybridized carbons (Fsp3) is 0.312. The van der Waals surface area contributed by atoms with Gasteiger partial charge in [-0.3, -0.25) is 0 Å². The summed E-state index contributed by atoms with van der Waals surface area (Å²) in [6.45, 7) is 3.78. The van der Waals surface area contributed by atoms with Crippen molar-refractivity contribution in [2.24, 2.45) is 0 Å². The Morgan fingerprint density at radius 2 is 2.00 bits per heavy atom. The molecule has 0 spiro atoms. The van der Waals surface area contributed by atoms with Crippen molar-refractivity contribution in [2.45, 2.75) is 19.9 Å². The summed E-state index contributed by atoms with van der Waals surface area (Å²) in [5.74, 6) is 1.65. The second-order valence-electron chi connectivity index (χ2n) is 4.65. The number of nitrogens with two attached hydrogens (primary N) is 1. The molecular weight excluding hydrogens is 250 g/mol. The topological polar surface area (TPSA) is 51.4 Å². The van der Waals surface area contributed by atoms with Gasteiger partial charge in [-0.1, -0.05) is 25.1 Å². The summed E-state index contributed by atoms with van der Waals surface area (Å²) in [6, 6.07) is 11.7. The molecule has 106 valence electrons. The van der Waals surface area contributed by atoms with Gasteiger partial charge in [-0.15, -0.1) is 0 Å². The van der Waals surface area contributed by atoms with E-state index in [0.29, 0.717) is 0 Å². The molecule has 0 radical (unpaired) electrons. The van der Waals surface area contributed by atoms with Crippen molar-refractivity contribution in [3.63, 3.8) is 0 Å². The normalized spacial score (nSPS) is 10.3. The molecule has 0 bridgehead atoms. The van der Waals surface area contributed by atoms with E-state index in [1.807, 2.05) is 36.4 Å². The number of hydrogen-bond donors (Lipinski definition) is 1. The Morgan fingerprint density at radius 1 is 1.20 bits per heavy atom. The Kier molecular flexibility index (Phi) is 4.82. The van der Waals surface area contributed by atoms with E-state index in [-0.39, 0.29) is 0 Å². The Bertz CT molecular complexity index is 557. The van der Waals surface area contributed by atoms with E-state index in [4.69, 9.17) is 10.5 Å². The summed E-state index contributed by atoms with van der Waals surface area (Å²) in [7, 11) is 1.67. The number of para-hydroxylation sites is 1. The largest absolute Gasteiger partial charge is 0.493 e. The van der Waals surface area contributed by atoms with Crippen LogP contribution >= 0.6 is 0 Å². The molecular formula is C16H21N3O. The molecule has 1 aromatic carbocycles. The lowest BCUT2D eigenvalue weighted by atomic mass is 10.1. The van der Waals surface area contributed by atoms with Crippen LogP contribution in [0.5, 0.6) is 5.75 Å². The van der Waals surface area contributed by atoms with Gasteiger partial charge in [0.05, 0.1) is 7.11 Å². The van der Waals surface area contributed by atoms with Crippen LogP contribution in [-0.4, -0.2) is 18.6 Å². The molecule has 4 heteroatoms. The molecule has 0 aliphatic heterocycles. The van der Waals surface area contributed by atoms with Gasteiger partial charge in [0.1, 0.15) is 0 Å². The summed E-state index contributed by atoms with van der Waals surface area (Å²) >= 11 is 0. The third-order valence-corrected chi connectivity index (χ3v) is 3.18. The number of ether oxygens (including phenoxy) is 1. The molecule has 2 rings (SSSR count). The van der Waals surface area contributed by atoms with Crippen molar-refractivity contribution in [1.82, 2.24) is 4.98 Å². The number of nitrogen functional groups attached to an aromatic ring is 1. The third-order valence-electron chi connectivity index (χ3n) is 3.18. The maximum absolute atomic E-state index is 6.04. The molecule has 0 fully saturated rings. The zero-order valence-electron chi connectivity index (χ0n) is 12.0. The van der Waals surface area contributed by atoms with Crippen molar-refractivity contribution < 1.29 is 4.74 Å². The molecule has 0 aliphatic rings. The maximum Gasteiger partial charge on any atom is 0.171 e. The molecule has 1 aromatic heterocycles. The fourth-order valence-electron chi connectivity index (χ4n) is 2.19. The zero-order chi connectivity index (χ0) is 14.4. The predicted octanol–water partition coefficient (Wildman–Crippen LogP) is 3.09. The van der Waals surface area contributed by atoms with Crippen LogP contribution in [0.4, 0.5) is 11.5 Å². The minimum absolute atomic E-state index is 0.730. The van der Waals surface area contributed by atoms with E-state index in [1.165, 1.54) is 0 Å². The van der Waals surface area contributed by atoms with E-state index in [1.54, 1.807) is 13.3 Å². The molecule has 2 N–H and O–H groups in total. The van der Waals surface area contributed by atoms with Gasteiger partial charge in [-0.2, -0.15) is 0 Å². The number of rotatable bonds is 6. The number of pyridine rings is 1. The van der Waals surface area contributed by atoms with Crippen molar-refractivity contribution in [2.75, 3.05) is 24.3 Å². The van der Waals surface area contributed by atoms with Crippen LogP contribution in [-0.2, 0) is 6.54 Å². The highest BCUT2D eigenvalue weighted by Gasteiger charge is 2.14. The monoisotopic (exact) mass is 271 g/mol. The maximum atomic E-state index is 6.04. The van der Waals surface area contributed by atoms with Gasteiger partial charge in [-0.25, -0.2) is 4.98 Å². The minimum Gasteiger partial charge on any atom is -0.493 e. The van der Waals surface area contributed by atoms with Crippen LogP contribution in [0.25, 0.3) is 0 Å². The minimum atomic E-state index is 0.730. The van der Waals surface area contributed by atoms with Gasteiger partial charge < -0.3 is 15.4 Å². The van der Waals surface area contributed by atoms with E-state index < -0.39 is 0 Å². The average Bonchev–Trinajstić information content (AvgIpc) is 2.49. The van der Waals surface area contributed by atoms with Crippen LogP contribution in [0.3, 0.4) is 0 Å². The highest BCUT2D eigenvalue weighted by atomic mass is 16.5. The summed E-state index contributed by atoms with van der Waals surface area (Å²) in [5.41, 5.74) is 7.95. The number of methoxy groups -OCH3 is 1. The number of nitrogens with zero attached hydrogens (tertiary/aromatic N) is 2. The van der Waals surface area contributed by atoms with Crippen molar-refractivity contribution in [3.8, 4) is 5.75 Å². The predicted molar refractivity (Wildman–Crippen MR) is 83.0 cm³/mol. The van der Waals surface area contributed by atoms with E-state index in [2.05, 4.69) is 16.8 Å². The third kappa shape index (κ3) is 3.20. The lowest BCUT2D eigenvalue weighted by Gasteiger charge is -2.25. The lowest BCUT2D eigenvalue weighted by molar-refractivity contribution is 0.412. The highest BCUT2D eigenvalue weighted by molar-refractivity contribution is 5.55.